The van der Waals surface area contributed by atoms with E-state index >= 15 is 0 Å². The van der Waals surface area contributed by atoms with Crippen molar-refractivity contribution in [3.05, 3.63) is 133 Å². The Bertz CT molecular complexity index is 3400. The molecule has 2 amide bonds. The van der Waals surface area contributed by atoms with Crippen LogP contribution in [0, 0.1) is 0 Å². The SMILES string of the molecule is C=CC(=O)Nc1cccc(Oc2nc(Nc3ccc(N4CCN(S(=O)OC(C)(C)C)CC4)cc3OC(F)(F)F)ncc2Cl)c1.C=CC(=O)Nc1cccc(Oc2nc(Nc3ccc(N4CCN(S(=O)OC(C)(C)C)CC4)cc3OC)ncc2Cl)c1. The van der Waals surface area contributed by atoms with Gasteiger partial charge in [0.25, 0.3) is 0 Å². The number of methoxy groups -OCH3 is 1. The van der Waals surface area contributed by atoms with Gasteiger partial charge < -0.3 is 50.0 Å². The van der Waals surface area contributed by atoms with Gasteiger partial charge in [0.05, 0.1) is 42.1 Å². The van der Waals surface area contributed by atoms with Crippen LogP contribution in [0.5, 0.6) is 34.8 Å². The summed E-state index contributed by atoms with van der Waals surface area (Å²) in [6.45, 7) is 22.1. The number of ether oxygens (including phenoxy) is 4. The number of hydrogen-bond donors (Lipinski definition) is 4. The van der Waals surface area contributed by atoms with Crippen LogP contribution in [-0.4, -0.2) is 126 Å². The Hall–Kier alpha value is -7.63. The molecule has 4 aromatic carbocycles. The monoisotopic (exact) mass is 1250 g/mol. The molecule has 2 saturated heterocycles. The van der Waals surface area contributed by atoms with Crippen LogP contribution in [0.15, 0.2) is 123 Å². The highest BCUT2D eigenvalue weighted by Gasteiger charge is 2.34. The molecule has 6 aromatic rings. The normalized spacial score (nSPS) is 14.8. The third-order valence-electron chi connectivity index (χ3n) is 11.6. The van der Waals surface area contributed by atoms with E-state index in [1.54, 1.807) is 80.7 Å². The molecule has 2 aliphatic rings. The van der Waals surface area contributed by atoms with Crippen molar-refractivity contribution in [3.63, 3.8) is 0 Å². The smallest absolute Gasteiger partial charge is 0.494 e. The first-order chi connectivity index (χ1) is 40.2. The van der Waals surface area contributed by atoms with Gasteiger partial charge in [0.15, 0.2) is 5.75 Å². The van der Waals surface area contributed by atoms with E-state index in [0.29, 0.717) is 86.6 Å². The first kappa shape index (κ1) is 64.9. The lowest BCUT2D eigenvalue weighted by molar-refractivity contribution is -0.274. The Morgan fingerprint density at radius 1 is 0.600 bits per heavy atom. The molecule has 2 aromatic heterocycles. The maximum Gasteiger partial charge on any atom is 0.573 e. The summed E-state index contributed by atoms with van der Waals surface area (Å²) in [6.07, 6.45) is -0.0222. The second-order valence-corrected chi connectivity index (χ2v) is 23.4. The highest BCUT2D eigenvalue weighted by atomic mass is 35.5. The van der Waals surface area contributed by atoms with E-state index in [1.807, 2.05) is 48.2 Å². The van der Waals surface area contributed by atoms with Crippen molar-refractivity contribution >= 4 is 104 Å². The van der Waals surface area contributed by atoms with Crippen LogP contribution in [0.1, 0.15) is 41.5 Å². The maximum absolute atomic E-state index is 13.4. The summed E-state index contributed by atoms with van der Waals surface area (Å²) in [5, 5.41) is 11.4. The Balaban J connectivity index is 0.000000244. The summed E-state index contributed by atoms with van der Waals surface area (Å²) in [4.78, 5) is 44.2. The zero-order valence-corrected chi connectivity index (χ0v) is 50.5. The van der Waals surface area contributed by atoms with Crippen LogP contribution in [-0.2, 0) is 40.5 Å². The van der Waals surface area contributed by atoms with Gasteiger partial charge in [0, 0.05) is 99.4 Å². The second kappa shape index (κ2) is 29.0. The number of carbonyl (C=O) groups excluding carboxylic acids is 2. The van der Waals surface area contributed by atoms with Gasteiger partial charge in [0.1, 0.15) is 27.3 Å². The summed E-state index contributed by atoms with van der Waals surface area (Å²) in [7, 11) is 1.59. The van der Waals surface area contributed by atoms with Crippen molar-refractivity contribution in [1.29, 1.82) is 0 Å². The molecule has 2 unspecified atom stereocenters. The van der Waals surface area contributed by atoms with E-state index in [4.69, 9.17) is 45.8 Å². The lowest BCUT2D eigenvalue weighted by Crippen LogP contribution is -2.48. The molecule has 8 rings (SSSR count). The molecule has 22 nitrogen and oxygen atoms in total. The number of amides is 2. The maximum atomic E-state index is 13.4. The fourth-order valence-electron chi connectivity index (χ4n) is 7.82. The van der Waals surface area contributed by atoms with Crippen molar-refractivity contribution in [2.24, 2.45) is 0 Å². The molecule has 454 valence electrons. The molecule has 0 spiro atoms. The molecule has 85 heavy (non-hydrogen) atoms. The average molecular weight is 1260 g/mol. The van der Waals surface area contributed by atoms with Gasteiger partial charge in [-0.05, 0) is 102 Å². The Morgan fingerprint density at radius 2 is 1.00 bits per heavy atom. The highest BCUT2D eigenvalue weighted by molar-refractivity contribution is 7.78. The fraction of sp³-hybridized carbons (Fsp3) is 0.321. The number of anilines is 8. The minimum atomic E-state index is -4.98. The molecule has 0 saturated carbocycles. The number of aromatic nitrogens is 4. The van der Waals surface area contributed by atoms with E-state index in [2.05, 4.69) is 64.0 Å². The number of benzene rings is 4. The lowest BCUT2D eigenvalue weighted by atomic mass is 10.2. The van der Waals surface area contributed by atoms with Crippen molar-refractivity contribution in [2.75, 3.05) is 90.5 Å². The molecule has 0 radical (unpaired) electrons. The number of nitrogens with one attached hydrogen (secondary N) is 4. The van der Waals surface area contributed by atoms with E-state index in [-0.39, 0.29) is 51.0 Å². The topological polar surface area (TPSA) is 236 Å². The Kier molecular flexibility index (Phi) is 22.1. The zero-order chi connectivity index (χ0) is 61.6. The highest BCUT2D eigenvalue weighted by Crippen LogP contribution is 2.38. The van der Waals surface area contributed by atoms with Gasteiger partial charge >= 0.3 is 6.36 Å². The summed E-state index contributed by atoms with van der Waals surface area (Å²) < 4.78 is 101. The zero-order valence-electron chi connectivity index (χ0n) is 47.3. The third kappa shape index (κ3) is 20.0. The number of nitrogens with zero attached hydrogens (tertiary/aromatic N) is 8. The molecule has 0 bridgehead atoms. The minimum absolute atomic E-state index is 0.0335. The minimum Gasteiger partial charge on any atom is -0.494 e. The van der Waals surface area contributed by atoms with Crippen LogP contribution in [0.4, 0.5) is 59.2 Å². The quantitative estimate of drug-likeness (QED) is 0.0520. The second-order valence-electron chi connectivity index (χ2n) is 20.4. The Labute approximate surface area is 505 Å². The molecule has 0 aliphatic carbocycles. The summed E-state index contributed by atoms with van der Waals surface area (Å²) in [5.41, 5.74) is 1.93. The number of halogens is 5. The molecule has 4 N–H and O–H groups in total. The van der Waals surface area contributed by atoms with Gasteiger partial charge in [-0.1, -0.05) is 48.5 Å². The fourth-order valence-corrected chi connectivity index (χ4v) is 10.1. The van der Waals surface area contributed by atoms with Gasteiger partial charge in [-0.15, -0.1) is 13.2 Å². The van der Waals surface area contributed by atoms with Crippen molar-refractivity contribution in [1.82, 2.24) is 28.5 Å². The van der Waals surface area contributed by atoms with E-state index in [0.717, 1.165) is 11.8 Å². The van der Waals surface area contributed by atoms with Crippen LogP contribution in [0.25, 0.3) is 0 Å². The van der Waals surface area contributed by atoms with Crippen LogP contribution >= 0.6 is 23.2 Å². The Morgan fingerprint density at radius 3 is 1.38 bits per heavy atom. The number of alkyl halides is 3. The molecular weight excluding hydrogens is 1190 g/mol. The van der Waals surface area contributed by atoms with Crippen LogP contribution < -0.4 is 50.0 Å². The van der Waals surface area contributed by atoms with Gasteiger partial charge in [-0.3, -0.25) is 18.0 Å². The summed E-state index contributed by atoms with van der Waals surface area (Å²) in [6, 6.07) is 23.3. The molecule has 2 aliphatic heterocycles. The van der Waals surface area contributed by atoms with E-state index < -0.39 is 51.8 Å². The predicted octanol–water partition coefficient (Wildman–Crippen LogP) is 11.5. The first-order valence-electron chi connectivity index (χ1n) is 26.1. The lowest BCUT2D eigenvalue weighted by Gasteiger charge is -2.36. The number of rotatable bonds is 20. The van der Waals surface area contributed by atoms with E-state index in [1.165, 1.54) is 36.7 Å². The number of hydrogen-bond acceptors (Lipinski definition) is 18. The average Bonchev–Trinajstić information content (AvgIpc) is 3.64. The standard InChI is InChI=1S/C28H30ClF3N6O5S.C28H33ClN6O5S/c1-5-24(39)34-18-7-6-8-20(15-18)41-25-21(29)17-33-26(36-25)35-22-10-9-19(16-23(22)42-28(30,31)32)37-11-13-38(14-12-37)44(40)43-27(2,3)4;1-6-25(36)31-19-8-7-9-21(16-19)39-26-22(29)18-30-27(33-26)32-23-11-10-20(17-24(23)38-5)34-12-14-35(15-13-34)41(37)40-28(2,3)4/h5-10,15-17H,1,11-14H2,2-4H3,(H,34,39)(H,33,35,36);6-11,16-18H,1,12-15H2,2-5H3,(H,31,36)(H,30,32,33). The molecular formula is C56H63Cl2F3N12O10S2. The molecule has 2 atom stereocenters. The van der Waals surface area contributed by atoms with Crippen molar-refractivity contribution < 1.29 is 58.5 Å². The van der Waals surface area contributed by atoms with Crippen LogP contribution in [0.3, 0.4) is 0 Å². The predicted molar refractivity (Wildman–Crippen MR) is 323 cm³/mol. The first-order valence-corrected chi connectivity index (χ1v) is 28.9. The molecule has 29 heteroatoms. The molecule has 4 heterocycles. The largest absolute Gasteiger partial charge is 0.573 e. The summed E-state index contributed by atoms with van der Waals surface area (Å²) in [5.74, 6) is 0.220. The van der Waals surface area contributed by atoms with Gasteiger partial charge in [-0.2, -0.15) is 18.6 Å². The van der Waals surface area contributed by atoms with E-state index in [9.17, 15) is 31.2 Å². The van der Waals surface area contributed by atoms with Crippen molar-refractivity contribution in [3.8, 4) is 34.8 Å². The number of piperazine rings is 2. The van der Waals surface area contributed by atoms with Crippen molar-refractivity contribution in [2.45, 2.75) is 59.1 Å². The van der Waals surface area contributed by atoms with Crippen LogP contribution in [0.2, 0.25) is 10.0 Å². The number of carbonyl (C=O) groups is 2. The van der Waals surface area contributed by atoms with Gasteiger partial charge in [-0.25, -0.2) is 18.4 Å². The summed E-state index contributed by atoms with van der Waals surface area (Å²) >= 11 is 9.39. The van der Waals surface area contributed by atoms with Gasteiger partial charge in [0.2, 0.25) is 58.0 Å². The molecule has 2 fully saturated rings. The third-order valence-corrected chi connectivity index (χ3v) is 14.9.